The Kier molecular flexibility index (Phi) is 5.27. The largest absolute Gasteiger partial charge is 0.492 e. The summed E-state index contributed by atoms with van der Waals surface area (Å²) in [7, 11) is -3.85. The van der Waals surface area contributed by atoms with Crippen molar-refractivity contribution in [1.29, 1.82) is 0 Å². The number of ether oxygens (including phenoxy) is 2. The summed E-state index contributed by atoms with van der Waals surface area (Å²) in [6.45, 7) is 3.73. The number of nitrogens with one attached hydrogen (secondary N) is 2. The van der Waals surface area contributed by atoms with Gasteiger partial charge in [-0.3, -0.25) is 0 Å². The zero-order valence-electron chi connectivity index (χ0n) is 14.3. The van der Waals surface area contributed by atoms with Gasteiger partial charge in [-0.2, -0.15) is 0 Å². The van der Waals surface area contributed by atoms with E-state index in [4.69, 9.17) is 21.1 Å². The molecule has 1 atom stereocenters. The molecule has 0 amide bonds. The summed E-state index contributed by atoms with van der Waals surface area (Å²) in [5.74, 6) is 0.137. The minimum absolute atomic E-state index is 0.0880. The van der Waals surface area contributed by atoms with Gasteiger partial charge in [0, 0.05) is 10.7 Å². The number of aromatic amines is 1. The topological polar surface area (TPSA) is 97.5 Å². The Balaban J connectivity index is 1.78. The average Bonchev–Trinajstić information content (AvgIpc) is 2.97. The number of sulfonamides is 1. The van der Waals surface area contributed by atoms with Crippen molar-refractivity contribution in [3.8, 4) is 5.75 Å². The molecule has 3 rings (SSSR count). The number of hydrogen-bond donors (Lipinski definition) is 2. The molecule has 1 aliphatic heterocycles. The number of halogens is 1. The maximum Gasteiger partial charge on any atom is 0.339 e. The molecule has 2 heterocycles. The summed E-state index contributed by atoms with van der Waals surface area (Å²) in [5.41, 5.74) is 1.47. The zero-order valence-corrected chi connectivity index (χ0v) is 15.9. The highest BCUT2D eigenvalue weighted by Gasteiger charge is 2.28. The van der Waals surface area contributed by atoms with Crippen molar-refractivity contribution < 1.29 is 22.7 Å². The lowest BCUT2D eigenvalue weighted by atomic mass is 10.0. The molecule has 2 aromatic rings. The lowest BCUT2D eigenvalue weighted by Crippen LogP contribution is -2.42. The molecule has 0 spiro atoms. The number of esters is 1. The third-order valence-electron chi connectivity index (χ3n) is 4.03. The number of aromatic nitrogens is 1. The maximum absolute atomic E-state index is 12.6. The van der Waals surface area contributed by atoms with E-state index in [1.807, 2.05) is 0 Å². The molecule has 0 saturated carbocycles. The van der Waals surface area contributed by atoms with E-state index in [2.05, 4.69) is 9.71 Å². The molecule has 1 aromatic heterocycles. The molecule has 0 bridgehead atoms. The molecule has 1 aromatic carbocycles. The number of hydrogen-bond acceptors (Lipinski definition) is 5. The second-order valence-corrected chi connectivity index (χ2v) is 8.10. The van der Waals surface area contributed by atoms with E-state index in [-0.39, 0.29) is 23.8 Å². The van der Waals surface area contributed by atoms with Gasteiger partial charge in [-0.1, -0.05) is 11.6 Å². The standard InChI is InChI=1S/C17H19ClN2O5S/c1-3-24-17(21)14-8-16(19-10(14)2)26(22,23)20-13-7-11-6-12(18)4-5-15(11)25-9-13/h4-6,8,13,19-20H,3,7,9H2,1-2H3. The molecule has 0 radical (unpaired) electrons. The number of carbonyl (C=O) groups is 1. The average molecular weight is 399 g/mol. The predicted molar refractivity (Wildman–Crippen MR) is 96.2 cm³/mol. The van der Waals surface area contributed by atoms with Crippen LogP contribution >= 0.6 is 11.6 Å². The molecule has 0 fully saturated rings. The highest BCUT2D eigenvalue weighted by atomic mass is 35.5. The fourth-order valence-corrected chi connectivity index (χ4v) is 4.29. The Labute approximate surface area is 156 Å². The summed E-state index contributed by atoms with van der Waals surface area (Å²) < 4.78 is 38.4. The van der Waals surface area contributed by atoms with Crippen LogP contribution in [-0.4, -0.2) is 38.6 Å². The highest BCUT2D eigenvalue weighted by molar-refractivity contribution is 7.89. The highest BCUT2D eigenvalue weighted by Crippen LogP contribution is 2.28. The van der Waals surface area contributed by atoms with Crippen LogP contribution in [0.1, 0.15) is 28.5 Å². The lowest BCUT2D eigenvalue weighted by molar-refractivity contribution is 0.0525. The fourth-order valence-electron chi connectivity index (χ4n) is 2.81. The number of rotatable bonds is 5. The van der Waals surface area contributed by atoms with Crippen molar-refractivity contribution in [1.82, 2.24) is 9.71 Å². The van der Waals surface area contributed by atoms with Gasteiger partial charge in [0.1, 0.15) is 17.4 Å². The summed E-state index contributed by atoms with van der Waals surface area (Å²) in [6, 6.07) is 6.09. The quantitative estimate of drug-likeness (QED) is 0.754. The van der Waals surface area contributed by atoms with Crippen LogP contribution in [0, 0.1) is 6.92 Å². The summed E-state index contributed by atoms with van der Waals surface area (Å²) in [5, 5.41) is 0.477. The Bertz CT molecular complexity index is 939. The number of fused-ring (bicyclic) bond motifs is 1. The van der Waals surface area contributed by atoms with Crippen LogP contribution in [0.25, 0.3) is 0 Å². The smallest absolute Gasteiger partial charge is 0.339 e. The van der Waals surface area contributed by atoms with Crippen LogP contribution in [0.3, 0.4) is 0 Å². The minimum Gasteiger partial charge on any atom is -0.492 e. The third kappa shape index (κ3) is 3.87. The number of carbonyl (C=O) groups excluding carboxylic acids is 1. The van der Waals surface area contributed by atoms with Gasteiger partial charge in [-0.25, -0.2) is 17.9 Å². The lowest BCUT2D eigenvalue weighted by Gasteiger charge is -2.25. The van der Waals surface area contributed by atoms with E-state index in [0.717, 1.165) is 5.56 Å². The molecule has 1 unspecified atom stereocenters. The van der Waals surface area contributed by atoms with Gasteiger partial charge in [0.25, 0.3) is 10.0 Å². The molecule has 9 heteroatoms. The predicted octanol–water partition coefficient (Wildman–Crippen LogP) is 2.44. The van der Waals surface area contributed by atoms with Crippen molar-refractivity contribution in [2.45, 2.75) is 31.3 Å². The monoisotopic (exact) mass is 398 g/mol. The summed E-state index contributed by atoms with van der Waals surface area (Å²) in [4.78, 5) is 14.6. The molecule has 0 aliphatic carbocycles. The van der Waals surface area contributed by atoms with Crippen molar-refractivity contribution in [3.05, 3.63) is 46.1 Å². The van der Waals surface area contributed by atoms with Crippen molar-refractivity contribution in [2.75, 3.05) is 13.2 Å². The van der Waals surface area contributed by atoms with Crippen LogP contribution in [0.2, 0.25) is 5.02 Å². The molecule has 7 nitrogen and oxygen atoms in total. The number of aryl methyl sites for hydroxylation is 1. The third-order valence-corrected chi connectivity index (χ3v) is 5.70. The summed E-state index contributed by atoms with van der Waals surface area (Å²) >= 11 is 5.99. The van der Waals surface area contributed by atoms with E-state index in [1.165, 1.54) is 6.07 Å². The van der Waals surface area contributed by atoms with Crippen molar-refractivity contribution in [2.24, 2.45) is 0 Å². The van der Waals surface area contributed by atoms with Crippen LogP contribution in [0.4, 0.5) is 0 Å². The number of H-pyrrole nitrogens is 1. The first-order chi connectivity index (χ1) is 12.3. The van der Waals surface area contributed by atoms with E-state index in [1.54, 1.807) is 32.0 Å². The van der Waals surface area contributed by atoms with Gasteiger partial charge < -0.3 is 14.5 Å². The second kappa shape index (κ2) is 7.30. The van der Waals surface area contributed by atoms with E-state index in [0.29, 0.717) is 22.9 Å². The Morgan fingerprint density at radius 1 is 1.42 bits per heavy atom. The van der Waals surface area contributed by atoms with Gasteiger partial charge in [0.15, 0.2) is 0 Å². The number of benzene rings is 1. The molecule has 0 saturated heterocycles. The second-order valence-electron chi connectivity index (χ2n) is 5.98. The van der Waals surface area contributed by atoms with Gasteiger partial charge in [0.2, 0.25) is 0 Å². The van der Waals surface area contributed by atoms with Gasteiger partial charge in [-0.05, 0) is 50.1 Å². The van der Waals surface area contributed by atoms with Crippen LogP contribution in [0.15, 0.2) is 29.3 Å². The van der Waals surface area contributed by atoms with Gasteiger partial charge in [-0.15, -0.1) is 0 Å². The van der Waals surface area contributed by atoms with Gasteiger partial charge in [0.05, 0.1) is 18.2 Å². The fraction of sp³-hybridized carbons (Fsp3) is 0.353. The minimum atomic E-state index is -3.85. The maximum atomic E-state index is 12.6. The first-order valence-electron chi connectivity index (χ1n) is 8.10. The SMILES string of the molecule is CCOC(=O)c1cc(S(=O)(=O)NC2COc3ccc(Cl)cc3C2)[nH]c1C. The van der Waals surface area contributed by atoms with E-state index < -0.39 is 22.0 Å². The first-order valence-corrected chi connectivity index (χ1v) is 9.96. The normalized spacial score (nSPS) is 16.7. The van der Waals surface area contributed by atoms with E-state index in [9.17, 15) is 13.2 Å². The molecular formula is C17H19ClN2O5S. The first kappa shape index (κ1) is 18.8. The molecule has 26 heavy (non-hydrogen) atoms. The van der Waals surface area contributed by atoms with Crippen LogP contribution < -0.4 is 9.46 Å². The molecular weight excluding hydrogens is 380 g/mol. The Morgan fingerprint density at radius 3 is 2.92 bits per heavy atom. The van der Waals surface area contributed by atoms with E-state index >= 15 is 0 Å². The molecule has 1 aliphatic rings. The van der Waals surface area contributed by atoms with Crippen molar-refractivity contribution >= 4 is 27.6 Å². The van der Waals surface area contributed by atoms with Gasteiger partial charge >= 0.3 is 5.97 Å². The molecule has 2 N–H and O–H groups in total. The van der Waals surface area contributed by atoms with Crippen molar-refractivity contribution in [3.63, 3.8) is 0 Å². The Morgan fingerprint density at radius 2 is 2.19 bits per heavy atom. The zero-order chi connectivity index (χ0) is 18.9. The Hall–Kier alpha value is -2.03. The van der Waals surface area contributed by atoms with Crippen LogP contribution in [0.5, 0.6) is 5.75 Å². The van der Waals surface area contributed by atoms with Crippen LogP contribution in [-0.2, 0) is 21.2 Å². The molecule has 140 valence electrons. The summed E-state index contributed by atoms with van der Waals surface area (Å²) in [6.07, 6.45) is 0.458.